The minimum atomic E-state index is -3.31. The van der Waals surface area contributed by atoms with Crippen molar-refractivity contribution < 1.29 is 37.7 Å². The van der Waals surface area contributed by atoms with Crippen LogP contribution in [0.5, 0.6) is 11.5 Å². The third kappa shape index (κ3) is 6.06. The van der Waals surface area contributed by atoms with Crippen molar-refractivity contribution in [3.63, 3.8) is 0 Å². The quantitative estimate of drug-likeness (QED) is 0.520. The van der Waals surface area contributed by atoms with E-state index in [9.17, 15) is 23.2 Å². The highest BCUT2D eigenvalue weighted by Gasteiger charge is 2.38. The van der Waals surface area contributed by atoms with Crippen LogP contribution in [0.25, 0.3) is 0 Å². The van der Waals surface area contributed by atoms with Gasteiger partial charge in [-0.15, -0.1) is 0 Å². The number of carbonyl (C=O) groups excluding carboxylic acids is 2. The summed E-state index contributed by atoms with van der Waals surface area (Å²) in [5, 5.41) is 13.8. The van der Waals surface area contributed by atoms with Gasteiger partial charge < -0.3 is 20.5 Å². The molecule has 1 aliphatic rings. The van der Waals surface area contributed by atoms with Gasteiger partial charge in [-0.3, -0.25) is 19.1 Å². The average molecular weight is 434 g/mol. The van der Waals surface area contributed by atoms with E-state index in [1.165, 1.54) is 24.3 Å². The number of Topliss-reactive ketones (excluding diaryl/α,β-unsaturated/α-hetero) is 1. The molecule has 3 atom stereocenters. The van der Waals surface area contributed by atoms with Gasteiger partial charge >= 0.3 is 12.6 Å². The molecule has 8 nitrogen and oxygen atoms in total. The molecule has 3 rings (SSSR count). The number of carboxylic acids is 1. The minimum Gasteiger partial charge on any atom is -0.480 e. The van der Waals surface area contributed by atoms with E-state index >= 15 is 0 Å². The second-order valence-electron chi connectivity index (χ2n) is 6.82. The Morgan fingerprint density at radius 3 is 2.26 bits per heavy atom. The molecular weight excluding hydrogens is 414 g/mol. The zero-order valence-electron chi connectivity index (χ0n) is 16.2. The molecule has 1 fully saturated rings. The molecule has 0 bridgehead atoms. The number of carboxylic acid groups (broad SMARTS) is 1. The van der Waals surface area contributed by atoms with Crippen molar-refractivity contribution in [2.75, 3.05) is 6.54 Å². The number of aliphatic carboxylic acids is 1. The van der Waals surface area contributed by atoms with Gasteiger partial charge in [-0.2, -0.15) is 8.78 Å². The molecule has 0 aromatic heterocycles. The molecule has 1 amide bonds. The Labute approximate surface area is 176 Å². The maximum absolute atomic E-state index is 12.8. The molecule has 1 saturated heterocycles. The fraction of sp³-hybridized carbons (Fsp3) is 0.286. The van der Waals surface area contributed by atoms with E-state index < -0.39 is 42.5 Å². The Morgan fingerprint density at radius 1 is 1.03 bits per heavy atom. The predicted octanol–water partition coefficient (Wildman–Crippen LogP) is 2.41. The van der Waals surface area contributed by atoms with Gasteiger partial charge in [0.2, 0.25) is 0 Å². The molecule has 0 radical (unpaired) electrons. The molecule has 2 aromatic rings. The number of hydrogen-bond donors (Lipinski definition) is 3. The first kappa shape index (κ1) is 22.3. The van der Waals surface area contributed by atoms with Gasteiger partial charge in [0.1, 0.15) is 17.5 Å². The van der Waals surface area contributed by atoms with Gasteiger partial charge in [0, 0.05) is 18.0 Å². The van der Waals surface area contributed by atoms with Crippen molar-refractivity contribution in [2.24, 2.45) is 5.92 Å². The fourth-order valence-electron chi connectivity index (χ4n) is 3.13. The van der Waals surface area contributed by atoms with E-state index in [0.717, 1.165) is 0 Å². The molecule has 2 aromatic carbocycles. The number of rotatable bonds is 9. The van der Waals surface area contributed by atoms with E-state index in [1.807, 2.05) is 6.07 Å². The number of halogens is 2. The molecular formula is C21H20F2N2O6. The molecule has 164 valence electrons. The molecule has 1 heterocycles. The van der Waals surface area contributed by atoms with Crippen molar-refractivity contribution in [1.82, 2.24) is 10.6 Å². The van der Waals surface area contributed by atoms with E-state index in [-0.39, 0.29) is 18.5 Å². The maximum atomic E-state index is 12.8. The maximum Gasteiger partial charge on any atom is 0.347 e. The average Bonchev–Trinajstić information content (AvgIpc) is 3.24. The molecule has 31 heavy (non-hydrogen) atoms. The predicted molar refractivity (Wildman–Crippen MR) is 104 cm³/mol. The number of hydrogen-bond acceptors (Lipinski definition) is 6. The van der Waals surface area contributed by atoms with Crippen molar-refractivity contribution in [2.45, 2.75) is 25.3 Å². The number of ether oxygens (including phenoxy) is 2. The van der Waals surface area contributed by atoms with Gasteiger partial charge in [-0.25, -0.2) is 0 Å². The molecule has 0 spiro atoms. The van der Waals surface area contributed by atoms with Crippen LogP contribution in [-0.4, -0.2) is 48.2 Å². The van der Waals surface area contributed by atoms with Gasteiger partial charge in [-0.05, 0) is 42.8 Å². The van der Waals surface area contributed by atoms with Crippen molar-refractivity contribution in [1.29, 1.82) is 0 Å². The van der Waals surface area contributed by atoms with E-state index in [1.54, 1.807) is 24.3 Å². The summed E-state index contributed by atoms with van der Waals surface area (Å²) < 4.78 is 35.5. The number of nitrogens with one attached hydrogen (secondary N) is 2. The molecule has 0 saturated carbocycles. The Bertz CT molecular complexity index is 923. The highest BCUT2D eigenvalue weighted by molar-refractivity contribution is 5.98. The summed E-state index contributed by atoms with van der Waals surface area (Å²) in [5.41, 5.74) is 0.101. The number of carbonyl (C=O) groups is 3. The van der Waals surface area contributed by atoms with Crippen molar-refractivity contribution >= 4 is 17.7 Å². The first-order chi connectivity index (χ1) is 14.8. The minimum absolute atomic E-state index is 0.0136. The lowest BCUT2D eigenvalue weighted by Gasteiger charge is -2.20. The highest BCUT2D eigenvalue weighted by Crippen LogP contribution is 2.22. The number of ketones is 1. The number of para-hydroxylation sites is 1. The molecule has 1 aliphatic heterocycles. The lowest BCUT2D eigenvalue weighted by molar-refractivity contribution is -0.180. The first-order valence-electron chi connectivity index (χ1n) is 9.41. The summed E-state index contributed by atoms with van der Waals surface area (Å²) in [6.07, 6.45) is -1.99. The van der Waals surface area contributed by atoms with Crippen molar-refractivity contribution in [3.8, 4) is 11.5 Å². The van der Waals surface area contributed by atoms with Crippen LogP contribution < -0.4 is 15.4 Å². The first-order valence-corrected chi connectivity index (χ1v) is 9.41. The zero-order chi connectivity index (χ0) is 22.4. The summed E-state index contributed by atoms with van der Waals surface area (Å²) in [7, 11) is 0. The Balaban J connectivity index is 1.64. The van der Waals surface area contributed by atoms with E-state index in [0.29, 0.717) is 11.5 Å². The van der Waals surface area contributed by atoms with Crippen LogP contribution in [0.4, 0.5) is 8.78 Å². The fourth-order valence-corrected chi connectivity index (χ4v) is 3.13. The van der Waals surface area contributed by atoms with Gasteiger partial charge in [-0.1, -0.05) is 18.2 Å². The second kappa shape index (κ2) is 10.1. The molecule has 0 unspecified atom stereocenters. The SMILES string of the molecule is O=C(N[C@@H](OC(F)F)C(=O)[C@@H]1CN[C@H](C(=O)O)C1)c1ccc(Oc2ccccc2)cc1. The Hall–Kier alpha value is -3.37. The standard InChI is InChI=1S/C21H20F2N2O6/c22-21(23)31-19(17(26)13-10-16(20(28)29)24-11-13)25-18(27)12-6-8-15(9-7-12)30-14-4-2-1-3-5-14/h1-9,13,16,19,21,24H,10-11H2,(H,25,27)(H,28,29)/t13-,16-,19-/m0/s1. The normalized spacial score (nSPS) is 19.1. The lowest BCUT2D eigenvalue weighted by Crippen LogP contribution is -2.46. The topological polar surface area (TPSA) is 114 Å². The van der Waals surface area contributed by atoms with Crippen molar-refractivity contribution in [3.05, 3.63) is 60.2 Å². The van der Waals surface area contributed by atoms with E-state index in [2.05, 4.69) is 15.4 Å². The molecule has 10 heteroatoms. The Kier molecular flexibility index (Phi) is 7.27. The monoisotopic (exact) mass is 434 g/mol. The summed E-state index contributed by atoms with van der Waals surface area (Å²) in [6, 6.07) is 13.8. The summed E-state index contributed by atoms with van der Waals surface area (Å²) in [6.45, 7) is -3.32. The Morgan fingerprint density at radius 2 is 1.68 bits per heavy atom. The number of alkyl halides is 2. The zero-order valence-corrected chi connectivity index (χ0v) is 16.2. The van der Waals surface area contributed by atoms with Crippen LogP contribution in [0.2, 0.25) is 0 Å². The largest absolute Gasteiger partial charge is 0.480 e. The smallest absolute Gasteiger partial charge is 0.347 e. The third-order valence-electron chi connectivity index (χ3n) is 4.69. The highest BCUT2D eigenvalue weighted by atomic mass is 19.3. The lowest BCUT2D eigenvalue weighted by atomic mass is 9.99. The summed E-state index contributed by atoms with van der Waals surface area (Å²) in [5.74, 6) is -2.60. The van der Waals surface area contributed by atoms with E-state index in [4.69, 9.17) is 9.84 Å². The molecule has 0 aliphatic carbocycles. The number of benzene rings is 2. The van der Waals surface area contributed by atoms with Crippen LogP contribution in [0.1, 0.15) is 16.8 Å². The van der Waals surface area contributed by atoms with Crippen LogP contribution in [0, 0.1) is 5.92 Å². The van der Waals surface area contributed by atoms with Crippen LogP contribution in [-0.2, 0) is 14.3 Å². The van der Waals surface area contributed by atoms with Gasteiger partial charge in [0.15, 0.2) is 12.0 Å². The van der Waals surface area contributed by atoms with Gasteiger partial charge in [0.25, 0.3) is 5.91 Å². The molecule has 3 N–H and O–H groups in total. The van der Waals surface area contributed by atoms with Gasteiger partial charge in [0.05, 0.1) is 0 Å². The third-order valence-corrected chi connectivity index (χ3v) is 4.69. The van der Waals surface area contributed by atoms with Crippen LogP contribution in [0.15, 0.2) is 54.6 Å². The van der Waals surface area contributed by atoms with Crippen LogP contribution in [0.3, 0.4) is 0 Å². The summed E-state index contributed by atoms with van der Waals surface area (Å²) in [4.78, 5) is 36.0. The number of amides is 1. The second-order valence-corrected chi connectivity index (χ2v) is 6.82. The summed E-state index contributed by atoms with van der Waals surface area (Å²) >= 11 is 0. The van der Waals surface area contributed by atoms with Crippen LogP contribution >= 0.6 is 0 Å².